The number of thiophene rings is 4. The van der Waals surface area contributed by atoms with Crippen molar-refractivity contribution >= 4 is 211 Å². The Balaban J connectivity index is 0.000000114. The van der Waals surface area contributed by atoms with Gasteiger partial charge < -0.3 is 82.8 Å². The number of nitrogens with one attached hydrogen (secondary N) is 7. The maximum absolute atomic E-state index is 13.0. The van der Waals surface area contributed by atoms with Crippen LogP contribution in [-0.2, 0) is 15.6 Å². The second-order valence-electron chi connectivity index (χ2n) is 36.2. The van der Waals surface area contributed by atoms with E-state index in [1.54, 1.807) is 0 Å². The predicted octanol–water partition coefficient (Wildman–Crippen LogP) is 16.6. The summed E-state index contributed by atoms with van der Waals surface area (Å²) in [6.45, 7) is 29.5. The molecule has 8 aromatic carbocycles. The molecule has 14 heterocycles. The van der Waals surface area contributed by atoms with Crippen LogP contribution in [0.5, 0.6) is 0 Å². The van der Waals surface area contributed by atoms with Gasteiger partial charge in [-0.3, -0.25) is 19.2 Å². The fourth-order valence-corrected chi connectivity index (χ4v) is 21.5. The maximum Gasteiger partial charge on any atom is 0.264 e. The van der Waals surface area contributed by atoms with Crippen molar-refractivity contribution in [3.63, 3.8) is 0 Å². The van der Waals surface area contributed by atoms with Crippen LogP contribution in [0.25, 0.3) is 84.0 Å². The highest BCUT2D eigenvalue weighted by molar-refractivity contribution is 7.22. The lowest BCUT2D eigenvalue weighted by Crippen LogP contribution is -2.46. The molecule has 0 bridgehead atoms. The Bertz CT molecular complexity index is 6570. The largest absolute Gasteiger partial charge is 0.378 e. The van der Waals surface area contributed by atoms with Gasteiger partial charge in [-0.2, -0.15) is 0 Å². The Morgan fingerprint density at radius 3 is 0.962 bits per heavy atom. The Hall–Kier alpha value is -12.6. The van der Waals surface area contributed by atoms with E-state index >= 15 is 0 Å². The van der Waals surface area contributed by atoms with E-state index in [0.29, 0.717) is 36.9 Å². The molecule has 2 atom stereocenters. The first-order valence-electron chi connectivity index (χ1n) is 45.2. The van der Waals surface area contributed by atoms with Gasteiger partial charge in [0, 0.05) is 251 Å². The summed E-state index contributed by atoms with van der Waals surface area (Å²) in [4.78, 5) is 105. The summed E-state index contributed by atoms with van der Waals surface area (Å²) >= 11 is 6.09. The van der Waals surface area contributed by atoms with E-state index in [1.807, 2.05) is 148 Å². The molecule has 6 aliphatic rings. The van der Waals surface area contributed by atoms with Gasteiger partial charge in [0.05, 0.1) is 54.8 Å². The molecule has 8 aromatic heterocycles. The molecule has 28 nitrogen and oxygen atoms in total. The molecule has 22 rings (SSSR count). The van der Waals surface area contributed by atoms with Crippen LogP contribution in [-0.4, -0.2) is 226 Å². The summed E-state index contributed by atoms with van der Waals surface area (Å²) in [6.07, 6.45) is 9.06. The molecule has 0 spiro atoms. The number of hydrogen-bond donors (Lipinski definition) is 9. The molecule has 132 heavy (non-hydrogen) atoms. The van der Waals surface area contributed by atoms with Crippen LogP contribution >= 0.6 is 45.3 Å². The van der Waals surface area contributed by atoms with Gasteiger partial charge >= 0.3 is 0 Å². The number of carbonyl (C=O) groups excluding carboxylic acids is 4. The number of ether oxygens (including phenoxy) is 1. The van der Waals surface area contributed by atoms with Crippen molar-refractivity contribution in [1.29, 1.82) is 0 Å². The number of nitrogens with zero attached hydrogens (tertiary/aromatic N) is 14. The number of aromatic nitrogens is 8. The monoisotopic (exact) mass is 1840 g/mol. The third kappa shape index (κ3) is 20.1. The van der Waals surface area contributed by atoms with Crippen molar-refractivity contribution in [1.82, 2.24) is 75.4 Å². The van der Waals surface area contributed by atoms with Gasteiger partial charge in [-0.15, -0.1) is 45.3 Å². The van der Waals surface area contributed by atoms with Crippen molar-refractivity contribution in [2.45, 2.75) is 77.3 Å². The summed E-state index contributed by atoms with van der Waals surface area (Å²) in [7, 11) is 0. The lowest BCUT2D eigenvalue weighted by Gasteiger charge is -2.29. The summed E-state index contributed by atoms with van der Waals surface area (Å²) in [5.41, 5.74) is 24.2. The Morgan fingerprint density at radius 2 is 0.652 bits per heavy atom. The molecule has 16 aromatic rings. The minimum Gasteiger partial charge on any atom is -0.378 e. The topological polar surface area (TPSA) is 336 Å². The third-order valence-electron chi connectivity index (χ3n) is 24.7. The van der Waals surface area contributed by atoms with Crippen LogP contribution in [0.15, 0.2) is 195 Å². The van der Waals surface area contributed by atoms with E-state index in [4.69, 9.17) is 36.1 Å². The van der Waals surface area contributed by atoms with Crippen LogP contribution in [0.4, 0.5) is 57.9 Å². The van der Waals surface area contributed by atoms with Gasteiger partial charge in [0.15, 0.2) is 0 Å². The highest BCUT2D eigenvalue weighted by atomic mass is 32.1. The summed E-state index contributed by atoms with van der Waals surface area (Å²) in [6, 6.07) is 57.7. The number of hydrogen-bond acceptors (Lipinski definition) is 28. The number of piperazine rings is 3. The number of nitrogens with two attached hydrogens (primary N) is 2. The second-order valence-corrected chi connectivity index (χ2v) is 40.5. The van der Waals surface area contributed by atoms with Crippen molar-refractivity contribution < 1.29 is 23.9 Å². The van der Waals surface area contributed by atoms with E-state index in [-0.39, 0.29) is 46.5 Å². The van der Waals surface area contributed by atoms with Crippen LogP contribution in [0, 0.1) is 0 Å². The van der Waals surface area contributed by atoms with Gasteiger partial charge in [-0.25, -0.2) is 39.9 Å². The van der Waals surface area contributed by atoms with Crippen LogP contribution < -0.4 is 58.5 Å². The van der Waals surface area contributed by atoms with E-state index in [1.165, 1.54) is 62.2 Å². The number of carbonyl (C=O) groups is 4. The summed E-state index contributed by atoms with van der Waals surface area (Å²) < 4.78 is 9.69. The first kappa shape index (κ1) is 88.7. The van der Waals surface area contributed by atoms with Crippen molar-refractivity contribution in [2.24, 2.45) is 11.5 Å². The van der Waals surface area contributed by atoms with Crippen LogP contribution in [0.2, 0.25) is 0 Å². The number of anilines is 10. The minimum atomic E-state index is 0.0544. The molecule has 4 amide bonds. The fourth-order valence-electron chi connectivity index (χ4n) is 17.3. The number of benzene rings is 8. The lowest BCUT2D eigenvalue weighted by molar-refractivity contribution is 0.0733. The van der Waals surface area contributed by atoms with Gasteiger partial charge in [-0.1, -0.05) is 77.9 Å². The summed E-state index contributed by atoms with van der Waals surface area (Å²) in [5, 5.41) is 31.2. The molecule has 676 valence electrons. The zero-order chi connectivity index (χ0) is 90.7. The standard InChI is InChI=1S/C25H27N7OS.C25H26N6O2S.2C25H27N5OS/c33-24(32-12-8-27-9-13-32)22-15-20-21(34-22)5-4-17-16-28-25(30-23(17)20)29-18-2-1-3-19(14-18)31-10-6-26-7-11-31;32-24(31-8-6-26-7-9-31)22-15-20-21(34-22)5-4-17-16-27-25(29-23(17)20)28-18-2-1-3-19(14-18)30-10-12-33-13-11-30;2*1-25(2,3)16-5-4-6-18(11-16)28-24-27-13-15-7-8-20-19(22(15)29-24)12-21(32-20)23(31)30-10-9-17(26)14-30/h1-5,14-16,26-27H,6-13H2,(H,28,29,30);1-5,14-16,26H,6-13H2,(H,27,28,29);2*4-8,11-13,17H,9-10,14,26H2,1-3H3,(H,27,28,29)/t;;2*17-/m..10/s1. The maximum atomic E-state index is 13.0. The Morgan fingerprint density at radius 1 is 0.356 bits per heavy atom. The lowest BCUT2D eigenvalue weighted by atomic mass is 9.87. The van der Waals surface area contributed by atoms with E-state index in [9.17, 15) is 19.2 Å². The number of amides is 4. The SMILES string of the molecule is CC(C)(C)c1cccc(Nc2ncc3ccc4sc(C(=O)N5CC[C@@H](N)C5)cc4c3n2)c1.CC(C)(C)c1cccc(Nc2ncc3ccc4sc(C(=O)N5CC[C@H](N)C5)cc4c3n2)c1.O=C(c1cc2c(ccc3cnc(Nc4cccc(N5CCNCC5)c4)nc32)s1)N1CCNCC1.O=C(c1cc2c(ccc3cnc(Nc4cccc(N5CCOCC5)c4)nc32)s1)N1CCNCC1. The quantitative estimate of drug-likeness (QED) is 0.0488. The first-order valence-corrected chi connectivity index (χ1v) is 48.5. The van der Waals surface area contributed by atoms with Gasteiger partial charge in [0.1, 0.15) is 0 Å². The molecule has 0 aliphatic carbocycles. The fraction of sp³-hybridized carbons (Fsp3) is 0.320. The molecule has 0 radical (unpaired) electrons. The zero-order valence-electron chi connectivity index (χ0n) is 74.8. The van der Waals surface area contributed by atoms with Gasteiger partial charge in [0.2, 0.25) is 23.8 Å². The highest BCUT2D eigenvalue weighted by Gasteiger charge is 2.31. The molecule has 0 saturated carbocycles. The Labute approximate surface area is 781 Å². The van der Waals surface area contributed by atoms with Crippen LogP contribution in [0.1, 0.15) is 104 Å². The number of fused-ring (bicyclic) bond motifs is 12. The minimum absolute atomic E-state index is 0.0544. The van der Waals surface area contributed by atoms with Gasteiger partial charge in [0.25, 0.3) is 23.6 Å². The number of rotatable bonds is 14. The smallest absolute Gasteiger partial charge is 0.264 e. The average Bonchev–Trinajstić information content (AvgIpc) is 1.62. The van der Waals surface area contributed by atoms with E-state index in [2.05, 4.69) is 175 Å². The number of likely N-dealkylation sites (tertiary alicyclic amines) is 2. The molecule has 32 heteroatoms. The molecular formula is C100H107N23O5S4. The van der Waals surface area contributed by atoms with Gasteiger partial charge in [-0.05, 0) is 168 Å². The molecule has 11 N–H and O–H groups in total. The average molecular weight is 1840 g/mol. The number of morpholine rings is 1. The van der Waals surface area contributed by atoms with Crippen LogP contribution in [0.3, 0.4) is 0 Å². The van der Waals surface area contributed by atoms with Crippen molar-refractivity contribution in [2.75, 3.05) is 162 Å². The predicted molar refractivity (Wildman–Crippen MR) is 539 cm³/mol. The first-order chi connectivity index (χ1) is 64.0. The summed E-state index contributed by atoms with van der Waals surface area (Å²) in [5.74, 6) is 2.49. The third-order valence-corrected chi connectivity index (χ3v) is 29.1. The molecule has 6 aliphatic heterocycles. The highest BCUT2D eigenvalue weighted by Crippen LogP contribution is 2.40. The second kappa shape index (κ2) is 38.7. The zero-order valence-corrected chi connectivity index (χ0v) is 78.0. The molecule has 6 saturated heterocycles. The van der Waals surface area contributed by atoms with Crippen molar-refractivity contribution in [3.05, 3.63) is 225 Å². The van der Waals surface area contributed by atoms with E-state index < -0.39 is 0 Å². The normalized spacial score (nSPS) is 16.8. The Kier molecular flexibility index (Phi) is 26.0. The molecule has 6 fully saturated rings. The van der Waals surface area contributed by atoms with Crippen molar-refractivity contribution in [3.8, 4) is 0 Å². The van der Waals surface area contributed by atoms with E-state index in [0.717, 1.165) is 263 Å². The molecule has 0 unspecified atom stereocenters. The molecular weight excluding hydrogens is 1730 g/mol.